The van der Waals surface area contributed by atoms with Crippen molar-refractivity contribution in [1.29, 1.82) is 0 Å². The number of likely N-dealkylation sites (tertiary alicyclic amines) is 1. The number of halogens is 6. The van der Waals surface area contributed by atoms with Crippen LogP contribution in [0.3, 0.4) is 0 Å². The van der Waals surface area contributed by atoms with Crippen LogP contribution in [0.4, 0.5) is 32.2 Å². The number of rotatable bonds is 8. The van der Waals surface area contributed by atoms with Gasteiger partial charge in [-0.1, -0.05) is 0 Å². The predicted molar refractivity (Wildman–Crippen MR) is 135 cm³/mol. The lowest BCUT2D eigenvalue weighted by molar-refractivity contribution is -0.142. The summed E-state index contributed by atoms with van der Waals surface area (Å²) in [7, 11) is 1.56. The number of hydrogen-bond acceptors (Lipinski definition) is 5. The van der Waals surface area contributed by atoms with Crippen LogP contribution in [0, 0.1) is 5.82 Å². The Morgan fingerprint density at radius 2 is 1.85 bits per heavy atom. The number of alkyl halides is 5. The summed E-state index contributed by atoms with van der Waals surface area (Å²) < 4.78 is 82.5. The number of hydrogen-bond donors (Lipinski definition) is 1. The van der Waals surface area contributed by atoms with Crippen molar-refractivity contribution < 1.29 is 26.3 Å². The Labute approximate surface area is 220 Å². The maximum absolute atomic E-state index is 14.4. The lowest BCUT2D eigenvalue weighted by Gasteiger charge is -2.31. The van der Waals surface area contributed by atoms with Crippen LogP contribution in [0.2, 0.25) is 0 Å². The summed E-state index contributed by atoms with van der Waals surface area (Å²) >= 11 is 0. The second-order valence-electron chi connectivity index (χ2n) is 9.71. The SMILES string of the molecule is CNc1ncc(-c2ccc3c(CCCN4CCC(F)(F)CC4)cn(-c4cnn(CC(F)(F)F)c4)c3n2)cc1F. The monoisotopic (exact) mass is 551 g/mol. The molecule has 1 saturated heterocycles. The predicted octanol–water partition coefficient (Wildman–Crippen LogP) is 5.69. The zero-order valence-electron chi connectivity index (χ0n) is 21.1. The van der Waals surface area contributed by atoms with Gasteiger partial charge >= 0.3 is 6.18 Å². The van der Waals surface area contributed by atoms with Crippen LogP contribution >= 0.6 is 0 Å². The summed E-state index contributed by atoms with van der Waals surface area (Å²) in [6.45, 7) is 0.111. The summed E-state index contributed by atoms with van der Waals surface area (Å²) in [5.74, 6) is -3.05. The van der Waals surface area contributed by atoms with Crippen molar-refractivity contribution in [3.8, 4) is 16.9 Å². The molecule has 0 unspecified atom stereocenters. The number of nitrogens with one attached hydrogen (secondary N) is 1. The second kappa shape index (κ2) is 10.5. The average molecular weight is 552 g/mol. The van der Waals surface area contributed by atoms with Gasteiger partial charge in [0, 0.05) is 62.5 Å². The first kappa shape index (κ1) is 27.0. The Morgan fingerprint density at radius 1 is 1.08 bits per heavy atom. The van der Waals surface area contributed by atoms with E-state index in [9.17, 15) is 26.3 Å². The molecule has 0 aromatic carbocycles. The number of aromatic nitrogens is 5. The van der Waals surface area contributed by atoms with Gasteiger partial charge in [-0.25, -0.2) is 23.1 Å². The Balaban J connectivity index is 1.45. The molecule has 1 N–H and O–H groups in total. The minimum atomic E-state index is -4.42. The van der Waals surface area contributed by atoms with E-state index in [0.717, 1.165) is 15.6 Å². The normalized spacial score (nSPS) is 16.2. The average Bonchev–Trinajstić information content (AvgIpc) is 3.48. The van der Waals surface area contributed by atoms with Crippen molar-refractivity contribution in [3.63, 3.8) is 0 Å². The zero-order valence-corrected chi connectivity index (χ0v) is 21.1. The van der Waals surface area contributed by atoms with Gasteiger partial charge in [-0.05, 0) is 43.1 Å². The van der Waals surface area contributed by atoms with E-state index in [1.165, 1.54) is 24.7 Å². The summed E-state index contributed by atoms with van der Waals surface area (Å²) in [4.78, 5) is 10.8. The summed E-state index contributed by atoms with van der Waals surface area (Å²) in [5, 5.41) is 7.30. The van der Waals surface area contributed by atoms with Crippen LogP contribution in [0.5, 0.6) is 0 Å². The van der Waals surface area contributed by atoms with Gasteiger partial charge in [-0.15, -0.1) is 0 Å². The first-order chi connectivity index (χ1) is 18.5. The largest absolute Gasteiger partial charge is 0.408 e. The van der Waals surface area contributed by atoms with E-state index in [1.807, 2.05) is 17.2 Å². The fourth-order valence-electron chi connectivity index (χ4n) is 4.83. The van der Waals surface area contributed by atoms with Gasteiger partial charge in [0.25, 0.3) is 5.92 Å². The fourth-order valence-corrected chi connectivity index (χ4v) is 4.83. The topological polar surface area (TPSA) is 63.8 Å². The minimum Gasteiger partial charge on any atom is -0.371 e. The molecule has 5 rings (SSSR count). The van der Waals surface area contributed by atoms with Gasteiger partial charge in [-0.3, -0.25) is 9.25 Å². The van der Waals surface area contributed by atoms with E-state index in [-0.39, 0.29) is 18.7 Å². The van der Waals surface area contributed by atoms with Gasteiger partial charge in [0.15, 0.2) is 11.6 Å². The molecule has 0 saturated carbocycles. The number of pyridine rings is 2. The highest BCUT2D eigenvalue weighted by Gasteiger charge is 2.33. The number of aryl methyl sites for hydroxylation is 1. The Hall–Kier alpha value is -3.61. The van der Waals surface area contributed by atoms with Crippen molar-refractivity contribution in [1.82, 2.24) is 29.2 Å². The molecule has 0 atom stereocenters. The van der Waals surface area contributed by atoms with Crippen LogP contribution in [0.25, 0.3) is 28.0 Å². The summed E-state index contributed by atoms with van der Waals surface area (Å²) in [6, 6.07) is 4.89. The molecular formula is C26H27F6N7. The van der Waals surface area contributed by atoms with Crippen LogP contribution in [-0.2, 0) is 13.0 Å². The molecule has 5 heterocycles. The lowest BCUT2D eigenvalue weighted by Crippen LogP contribution is -2.39. The van der Waals surface area contributed by atoms with Crippen molar-refractivity contribution in [2.24, 2.45) is 0 Å². The Morgan fingerprint density at radius 3 is 2.54 bits per heavy atom. The minimum absolute atomic E-state index is 0.0972. The molecule has 4 aromatic rings. The Kier molecular flexibility index (Phi) is 7.27. The third kappa shape index (κ3) is 6.18. The first-order valence-electron chi connectivity index (χ1n) is 12.6. The number of fused-ring (bicyclic) bond motifs is 1. The molecule has 0 amide bonds. The second-order valence-corrected chi connectivity index (χ2v) is 9.71. The molecule has 1 aliphatic heterocycles. The van der Waals surface area contributed by atoms with E-state index < -0.39 is 24.5 Å². The third-order valence-electron chi connectivity index (χ3n) is 6.86. The molecule has 208 valence electrons. The van der Waals surface area contributed by atoms with Crippen molar-refractivity contribution in [2.45, 2.75) is 44.3 Å². The highest BCUT2D eigenvalue weighted by atomic mass is 19.4. The number of nitrogens with zero attached hydrogens (tertiary/aromatic N) is 6. The van der Waals surface area contributed by atoms with Crippen LogP contribution in [0.1, 0.15) is 24.8 Å². The maximum Gasteiger partial charge on any atom is 0.408 e. The van der Waals surface area contributed by atoms with E-state index in [2.05, 4.69) is 15.4 Å². The van der Waals surface area contributed by atoms with Crippen LogP contribution in [0.15, 0.2) is 43.0 Å². The van der Waals surface area contributed by atoms with Gasteiger partial charge in [0.1, 0.15) is 12.2 Å². The quantitative estimate of drug-likeness (QED) is 0.285. The number of piperidine rings is 1. The molecule has 1 fully saturated rings. The molecule has 1 aliphatic rings. The molecule has 0 bridgehead atoms. The van der Waals surface area contributed by atoms with Crippen LogP contribution < -0.4 is 5.32 Å². The molecule has 0 aliphatic carbocycles. The molecular weight excluding hydrogens is 524 g/mol. The highest BCUT2D eigenvalue weighted by Crippen LogP contribution is 2.30. The van der Waals surface area contributed by atoms with Gasteiger partial charge in [0.05, 0.1) is 17.6 Å². The third-order valence-corrected chi connectivity index (χ3v) is 6.86. The molecule has 39 heavy (non-hydrogen) atoms. The Bertz CT molecular complexity index is 1450. The fraction of sp³-hybridized carbons (Fsp3) is 0.423. The summed E-state index contributed by atoms with van der Waals surface area (Å²) in [6.07, 6.45) is 2.53. The lowest BCUT2D eigenvalue weighted by atomic mass is 10.1. The van der Waals surface area contributed by atoms with Crippen molar-refractivity contribution >= 4 is 16.9 Å². The molecule has 0 radical (unpaired) electrons. The standard InChI is InChI=1S/C26H27F6N7/c1-33-23-21(27)11-18(12-34-23)22-5-4-20-17(3-2-8-37-9-6-25(28,29)7-10-37)14-39(24(20)36-22)19-13-35-38(15-19)16-26(30,31)32/h4-5,11-15H,2-3,6-10,16H2,1H3,(H,33,34). The van der Waals surface area contributed by atoms with Gasteiger partial charge in [-0.2, -0.15) is 18.3 Å². The maximum atomic E-state index is 14.4. The van der Waals surface area contributed by atoms with Crippen LogP contribution in [-0.4, -0.2) is 68.0 Å². The summed E-state index contributed by atoms with van der Waals surface area (Å²) in [5.41, 5.74) is 2.67. The van der Waals surface area contributed by atoms with Crippen molar-refractivity contribution in [3.05, 3.63) is 54.4 Å². The molecule has 4 aromatic heterocycles. The molecule has 13 heteroatoms. The van der Waals surface area contributed by atoms with E-state index in [1.54, 1.807) is 17.7 Å². The zero-order chi connectivity index (χ0) is 27.8. The van der Waals surface area contributed by atoms with E-state index >= 15 is 0 Å². The van der Waals surface area contributed by atoms with Gasteiger partial charge < -0.3 is 10.2 Å². The first-order valence-corrected chi connectivity index (χ1v) is 12.6. The molecule has 7 nitrogen and oxygen atoms in total. The van der Waals surface area contributed by atoms with Gasteiger partial charge in [0.2, 0.25) is 0 Å². The van der Waals surface area contributed by atoms with E-state index in [0.29, 0.717) is 55.1 Å². The molecule has 0 spiro atoms. The highest BCUT2D eigenvalue weighted by molar-refractivity contribution is 5.84. The van der Waals surface area contributed by atoms with E-state index in [4.69, 9.17) is 4.98 Å². The van der Waals surface area contributed by atoms with Crippen molar-refractivity contribution in [2.75, 3.05) is 32.0 Å². The number of anilines is 1. The smallest absolute Gasteiger partial charge is 0.371 e.